The fourth-order valence-electron chi connectivity index (χ4n) is 2.48. The summed E-state index contributed by atoms with van der Waals surface area (Å²) < 4.78 is 14.8. The van der Waals surface area contributed by atoms with Gasteiger partial charge in [-0.25, -0.2) is 4.57 Å². The molecule has 0 saturated heterocycles. The van der Waals surface area contributed by atoms with Gasteiger partial charge in [0.25, 0.3) is 0 Å². The van der Waals surface area contributed by atoms with Crippen molar-refractivity contribution in [3.8, 4) is 0 Å². The molecule has 0 heterocycles. The summed E-state index contributed by atoms with van der Waals surface area (Å²) in [4.78, 5) is 17.0. The molecule has 0 amide bonds. The average molecular weight is 345 g/mol. The zero-order valence-electron chi connectivity index (χ0n) is 14.8. The first-order valence-corrected chi connectivity index (χ1v) is 10.3. The van der Waals surface area contributed by atoms with Crippen LogP contribution in [0.3, 0.4) is 0 Å². The molecule has 0 fully saturated rings. The van der Waals surface area contributed by atoms with Crippen molar-refractivity contribution in [1.82, 2.24) is 0 Å². The van der Waals surface area contributed by atoms with Crippen molar-refractivity contribution < 1.29 is 18.9 Å². The van der Waals surface area contributed by atoms with Gasteiger partial charge in [0, 0.05) is 29.6 Å². The summed E-state index contributed by atoms with van der Waals surface area (Å²) in [5.41, 5.74) is 0. The molecule has 4 nitrogen and oxygen atoms in total. The van der Waals surface area contributed by atoms with Crippen molar-refractivity contribution in [3.05, 3.63) is 0 Å². The van der Waals surface area contributed by atoms with E-state index in [0.29, 0.717) is 0 Å². The van der Waals surface area contributed by atoms with E-state index in [9.17, 15) is 4.57 Å². The zero-order chi connectivity index (χ0) is 15.8. The number of hydrogen-bond acceptors (Lipinski definition) is 2. The first kappa shape index (κ1) is 25.4. The van der Waals surface area contributed by atoms with Crippen molar-refractivity contribution in [2.75, 3.05) is 6.61 Å². The molecule has 0 unspecified atom stereocenters. The fourth-order valence-corrected chi connectivity index (χ4v) is 2.85. The standard InChI is InChI=1S/C16H35O4P.Na/c1-2-3-4-5-6-7-8-9-10-11-12-13-14-15-16-20-21(17,18)19;/h2-16H2,1H3,(H2,17,18,19);. The minimum Gasteiger partial charge on any atom is -0.303 e. The molecule has 6 heteroatoms. The monoisotopic (exact) mass is 345 g/mol. The Morgan fingerprint density at radius 2 is 1.00 bits per heavy atom. The van der Waals surface area contributed by atoms with Crippen LogP contribution in [0.2, 0.25) is 0 Å². The van der Waals surface area contributed by atoms with E-state index in [2.05, 4.69) is 11.4 Å². The normalized spacial score (nSPS) is 11.4. The molecule has 1 radical (unpaired) electrons. The van der Waals surface area contributed by atoms with Crippen molar-refractivity contribution in [3.63, 3.8) is 0 Å². The zero-order valence-corrected chi connectivity index (χ0v) is 17.7. The molecular formula is C16H35NaO4P. The summed E-state index contributed by atoms with van der Waals surface area (Å²) in [5, 5.41) is 0. The van der Waals surface area contributed by atoms with Crippen LogP contribution >= 0.6 is 7.82 Å². The third-order valence-corrected chi connectivity index (χ3v) is 4.28. The Morgan fingerprint density at radius 3 is 1.32 bits per heavy atom. The number of phosphoric ester groups is 1. The topological polar surface area (TPSA) is 66.8 Å². The van der Waals surface area contributed by atoms with E-state index in [1.165, 1.54) is 70.6 Å². The van der Waals surface area contributed by atoms with Gasteiger partial charge >= 0.3 is 7.82 Å². The molecule has 0 bridgehead atoms. The van der Waals surface area contributed by atoms with E-state index >= 15 is 0 Å². The summed E-state index contributed by atoms with van der Waals surface area (Å²) in [6.45, 7) is 2.42. The van der Waals surface area contributed by atoms with Crippen LogP contribution < -0.4 is 0 Å². The van der Waals surface area contributed by atoms with Crippen molar-refractivity contribution in [1.29, 1.82) is 0 Å². The van der Waals surface area contributed by atoms with E-state index in [4.69, 9.17) is 9.79 Å². The van der Waals surface area contributed by atoms with E-state index in [-0.39, 0.29) is 36.2 Å². The van der Waals surface area contributed by atoms with Crippen LogP contribution in [0.15, 0.2) is 0 Å². The van der Waals surface area contributed by atoms with Crippen LogP contribution in [0.5, 0.6) is 0 Å². The predicted octanol–water partition coefficient (Wildman–Crippen LogP) is 5.20. The Balaban J connectivity index is 0. The summed E-state index contributed by atoms with van der Waals surface area (Å²) in [7, 11) is -4.25. The molecule has 22 heavy (non-hydrogen) atoms. The fraction of sp³-hybridized carbons (Fsp3) is 1.00. The number of phosphoric acid groups is 1. The largest absolute Gasteiger partial charge is 0.469 e. The molecule has 129 valence electrons. The van der Waals surface area contributed by atoms with Gasteiger partial charge < -0.3 is 9.79 Å². The van der Waals surface area contributed by atoms with E-state index in [1.807, 2.05) is 0 Å². The predicted molar refractivity (Wildman–Crippen MR) is 94.1 cm³/mol. The Morgan fingerprint density at radius 1 is 0.682 bits per heavy atom. The van der Waals surface area contributed by atoms with Crippen LogP contribution in [0.25, 0.3) is 0 Å². The van der Waals surface area contributed by atoms with Crippen molar-refractivity contribution in [2.24, 2.45) is 0 Å². The second-order valence-electron chi connectivity index (χ2n) is 5.92. The summed E-state index contributed by atoms with van der Waals surface area (Å²) in [6, 6.07) is 0. The first-order chi connectivity index (χ1) is 10.1. The van der Waals surface area contributed by atoms with Gasteiger partial charge in [0.2, 0.25) is 0 Å². The molecular weight excluding hydrogens is 310 g/mol. The van der Waals surface area contributed by atoms with Crippen molar-refractivity contribution >= 4 is 37.4 Å². The molecule has 0 aliphatic carbocycles. The number of hydrogen-bond donors (Lipinski definition) is 2. The molecule has 0 saturated carbocycles. The summed E-state index contributed by atoms with van der Waals surface area (Å²) in [6.07, 6.45) is 17.8. The van der Waals surface area contributed by atoms with E-state index < -0.39 is 7.82 Å². The summed E-state index contributed by atoms with van der Waals surface area (Å²) in [5.74, 6) is 0. The van der Waals surface area contributed by atoms with Crippen LogP contribution in [-0.4, -0.2) is 46.0 Å². The number of rotatable bonds is 16. The Labute approximate surface area is 159 Å². The molecule has 0 rings (SSSR count). The minimum absolute atomic E-state index is 0. The minimum atomic E-state index is -4.25. The average Bonchev–Trinajstić information content (AvgIpc) is 2.42. The van der Waals surface area contributed by atoms with Gasteiger partial charge in [0.05, 0.1) is 6.61 Å². The molecule has 0 atom stereocenters. The second-order valence-corrected chi connectivity index (χ2v) is 7.16. The van der Waals surface area contributed by atoms with Crippen LogP contribution in [0.4, 0.5) is 0 Å². The third-order valence-electron chi connectivity index (χ3n) is 3.76. The number of unbranched alkanes of at least 4 members (excludes halogenated alkanes) is 13. The second kappa shape index (κ2) is 18.4. The summed E-state index contributed by atoms with van der Waals surface area (Å²) >= 11 is 0. The SMILES string of the molecule is CCCCCCCCCCCCCCCCOP(=O)(O)O.[Na]. The maximum absolute atomic E-state index is 10.4. The van der Waals surface area contributed by atoms with Crippen LogP contribution in [0.1, 0.15) is 96.8 Å². The quantitative estimate of drug-likeness (QED) is 0.229. The van der Waals surface area contributed by atoms with E-state index in [0.717, 1.165) is 19.3 Å². The van der Waals surface area contributed by atoms with Gasteiger partial charge in [-0.3, -0.25) is 4.52 Å². The molecule has 0 spiro atoms. The maximum Gasteiger partial charge on any atom is 0.469 e. The van der Waals surface area contributed by atoms with Gasteiger partial charge in [0.1, 0.15) is 0 Å². The van der Waals surface area contributed by atoms with E-state index in [1.54, 1.807) is 0 Å². The Kier molecular flexibility index (Phi) is 21.3. The van der Waals surface area contributed by atoms with Gasteiger partial charge in [-0.15, -0.1) is 0 Å². The smallest absolute Gasteiger partial charge is 0.303 e. The Bertz CT molecular complexity index is 259. The van der Waals surface area contributed by atoms with Crippen LogP contribution in [0, 0.1) is 0 Å². The van der Waals surface area contributed by atoms with Crippen LogP contribution in [-0.2, 0) is 9.09 Å². The van der Waals surface area contributed by atoms with Gasteiger partial charge in [-0.05, 0) is 6.42 Å². The molecule has 0 aliphatic heterocycles. The molecule has 0 aromatic carbocycles. The molecule has 2 N–H and O–H groups in total. The van der Waals surface area contributed by atoms with Gasteiger partial charge in [-0.1, -0.05) is 90.4 Å². The molecule has 0 aromatic heterocycles. The third kappa shape index (κ3) is 23.4. The first-order valence-electron chi connectivity index (χ1n) is 8.76. The molecule has 0 aromatic rings. The maximum atomic E-state index is 10.4. The van der Waals surface area contributed by atoms with Crippen molar-refractivity contribution in [2.45, 2.75) is 96.8 Å². The van der Waals surface area contributed by atoms with Gasteiger partial charge in [-0.2, -0.15) is 0 Å². The Hall–Kier alpha value is 1.11. The molecule has 0 aliphatic rings. The van der Waals surface area contributed by atoms with Gasteiger partial charge in [0.15, 0.2) is 0 Å².